The number of fused-ring (bicyclic) bond motifs is 2. The summed E-state index contributed by atoms with van der Waals surface area (Å²) in [6, 6.07) is 0. The molecule has 3 aliphatic carbocycles. The SMILES string of the molecule is CCCCCCCCB(Cl)[C@@H]1C[C@@H]2C[C@H]([C@H]1C)C2(C)C. The van der Waals surface area contributed by atoms with Gasteiger partial charge in [0.1, 0.15) is 0 Å². The van der Waals surface area contributed by atoms with Crippen molar-refractivity contribution in [3.8, 4) is 0 Å². The molecule has 3 saturated carbocycles. The molecule has 0 aliphatic heterocycles. The van der Waals surface area contributed by atoms with Crippen LogP contribution >= 0.6 is 11.5 Å². The molecule has 2 heteroatoms. The summed E-state index contributed by atoms with van der Waals surface area (Å²) in [5.74, 6) is 3.54. The summed E-state index contributed by atoms with van der Waals surface area (Å²) in [6.07, 6.45) is 12.9. The summed E-state index contributed by atoms with van der Waals surface area (Å²) < 4.78 is 0. The zero-order valence-electron chi connectivity index (χ0n) is 14.1. The highest BCUT2D eigenvalue weighted by atomic mass is 35.5. The van der Waals surface area contributed by atoms with Crippen molar-refractivity contribution in [3.63, 3.8) is 0 Å². The van der Waals surface area contributed by atoms with Crippen LogP contribution in [0.3, 0.4) is 0 Å². The highest BCUT2D eigenvalue weighted by molar-refractivity contribution is 7.07. The van der Waals surface area contributed by atoms with E-state index < -0.39 is 0 Å². The van der Waals surface area contributed by atoms with Crippen molar-refractivity contribution in [2.45, 2.75) is 91.2 Å². The Hall–Kier alpha value is 0.355. The molecule has 0 N–H and O–H groups in total. The topological polar surface area (TPSA) is 0 Å². The third-order valence-electron chi connectivity index (χ3n) is 6.71. The maximum atomic E-state index is 6.77. The van der Waals surface area contributed by atoms with Gasteiger partial charge in [-0.05, 0) is 35.4 Å². The molecule has 3 fully saturated rings. The lowest BCUT2D eigenvalue weighted by molar-refractivity contribution is -0.0988. The molecule has 0 radical (unpaired) electrons. The van der Waals surface area contributed by atoms with Gasteiger partial charge in [0.15, 0.2) is 0 Å². The van der Waals surface area contributed by atoms with Gasteiger partial charge in [0.2, 0.25) is 0 Å². The Morgan fingerprint density at radius 2 is 1.70 bits per heavy atom. The lowest BCUT2D eigenvalue weighted by Gasteiger charge is -2.62. The second-order valence-electron chi connectivity index (χ2n) is 8.19. The van der Waals surface area contributed by atoms with Crippen LogP contribution in [0.2, 0.25) is 12.1 Å². The van der Waals surface area contributed by atoms with E-state index in [1.54, 1.807) is 0 Å². The molecule has 0 saturated heterocycles. The molecule has 0 aromatic carbocycles. The molecule has 3 rings (SSSR count). The average molecular weight is 297 g/mol. The van der Waals surface area contributed by atoms with Crippen LogP contribution < -0.4 is 0 Å². The number of hydrogen-bond donors (Lipinski definition) is 0. The van der Waals surface area contributed by atoms with Gasteiger partial charge < -0.3 is 0 Å². The van der Waals surface area contributed by atoms with Crippen LogP contribution in [-0.2, 0) is 0 Å². The number of halogens is 1. The van der Waals surface area contributed by atoms with E-state index in [1.165, 1.54) is 57.7 Å². The Balaban J connectivity index is 1.68. The minimum absolute atomic E-state index is 0.442. The van der Waals surface area contributed by atoms with E-state index in [0.717, 1.165) is 23.6 Å². The second-order valence-corrected chi connectivity index (χ2v) is 8.75. The number of hydrogen-bond acceptors (Lipinski definition) is 0. The zero-order chi connectivity index (χ0) is 14.8. The zero-order valence-corrected chi connectivity index (χ0v) is 14.9. The van der Waals surface area contributed by atoms with Gasteiger partial charge >= 0.3 is 0 Å². The lowest BCUT2D eigenvalue weighted by Crippen LogP contribution is -2.55. The molecule has 20 heavy (non-hydrogen) atoms. The summed E-state index contributed by atoms with van der Waals surface area (Å²) >= 11 is 6.77. The van der Waals surface area contributed by atoms with Crippen molar-refractivity contribution in [2.24, 2.45) is 23.2 Å². The summed E-state index contributed by atoms with van der Waals surface area (Å²) in [5, 5.41) is 0. The molecule has 0 heterocycles. The summed E-state index contributed by atoms with van der Waals surface area (Å²) in [7, 11) is 0. The number of unbranched alkanes of at least 4 members (excludes halogenated alkanes) is 5. The predicted octanol–water partition coefficient (Wildman–Crippen LogP) is 6.65. The molecule has 2 bridgehead atoms. The molecular weight excluding hydrogens is 262 g/mol. The van der Waals surface area contributed by atoms with Gasteiger partial charge in [0, 0.05) is 0 Å². The first-order chi connectivity index (χ1) is 9.48. The van der Waals surface area contributed by atoms with E-state index in [1.807, 2.05) is 0 Å². The maximum absolute atomic E-state index is 6.77. The van der Waals surface area contributed by atoms with Crippen molar-refractivity contribution >= 4 is 17.6 Å². The molecule has 0 unspecified atom stereocenters. The van der Waals surface area contributed by atoms with Crippen LogP contribution in [0.15, 0.2) is 0 Å². The molecule has 0 aromatic rings. The van der Waals surface area contributed by atoms with Gasteiger partial charge in [-0.25, -0.2) is 0 Å². The van der Waals surface area contributed by atoms with Crippen LogP contribution in [-0.4, -0.2) is 6.13 Å². The van der Waals surface area contributed by atoms with Crippen molar-refractivity contribution in [1.29, 1.82) is 0 Å². The minimum atomic E-state index is 0.442. The Morgan fingerprint density at radius 3 is 2.30 bits per heavy atom. The van der Waals surface area contributed by atoms with Gasteiger partial charge in [-0.3, -0.25) is 0 Å². The van der Waals surface area contributed by atoms with E-state index in [4.69, 9.17) is 11.5 Å². The van der Waals surface area contributed by atoms with Crippen LogP contribution in [0.1, 0.15) is 79.1 Å². The van der Waals surface area contributed by atoms with Crippen molar-refractivity contribution < 1.29 is 0 Å². The van der Waals surface area contributed by atoms with Crippen molar-refractivity contribution in [3.05, 3.63) is 0 Å². The first kappa shape index (κ1) is 16.7. The summed E-state index contributed by atoms with van der Waals surface area (Å²) in [4.78, 5) is 0. The standard InChI is InChI=1S/C18H34BCl/c1-5-6-7-8-9-10-11-19(20)17-13-15-12-16(14(17)2)18(15,3)4/h14-17H,5-13H2,1-4H3/t14-,15+,16-,17-/m1/s1. The third kappa shape index (κ3) is 3.39. The summed E-state index contributed by atoms with van der Waals surface area (Å²) in [5.41, 5.74) is 0.604. The first-order valence-corrected chi connectivity index (χ1v) is 9.56. The van der Waals surface area contributed by atoms with Gasteiger partial charge in [0.05, 0.1) is 0 Å². The highest BCUT2D eigenvalue weighted by Crippen LogP contribution is 2.65. The second kappa shape index (κ2) is 7.08. The molecule has 4 atom stereocenters. The van der Waals surface area contributed by atoms with Crippen LogP contribution in [0.5, 0.6) is 0 Å². The maximum Gasteiger partial charge on any atom is 0.254 e. The minimum Gasteiger partial charge on any atom is -0.195 e. The van der Waals surface area contributed by atoms with Crippen LogP contribution in [0, 0.1) is 23.2 Å². The average Bonchev–Trinajstić information content (AvgIpc) is 2.41. The van der Waals surface area contributed by atoms with Crippen LogP contribution in [0.25, 0.3) is 0 Å². The molecule has 0 amide bonds. The Kier molecular flexibility index (Phi) is 5.92. The van der Waals surface area contributed by atoms with E-state index in [-0.39, 0.29) is 0 Å². The van der Waals surface area contributed by atoms with E-state index in [9.17, 15) is 0 Å². The Labute approximate surface area is 132 Å². The third-order valence-corrected chi connectivity index (χ3v) is 7.25. The van der Waals surface area contributed by atoms with E-state index in [0.29, 0.717) is 11.5 Å². The summed E-state index contributed by atoms with van der Waals surface area (Å²) in [6.45, 7) is 9.72. The number of rotatable bonds is 8. The smallest absolute Gasteiger partial charge is 0.195 e. The normalized spacial score (nSPS) is 34.6. The van der Waals surface area contributed by atoms with E-state index >= 15 is 0 Å². The van der Waals surface area contributed by atoms with E-state index in [2.05, 4.69) is 27.7 Å². The molecule has 0 aromatic heterocycles. The van der Waals surface area contributed by atoms with Crippen LogP contribution in [0.4, 0.5) is 0 Å². The molecule has 0 spiro atoms. The predicted molar refractivity (Wildman–Crippen MR) is 92.7 cm³/mol. The first-order valence-electron chi connectivity index (χ1n) is 9.12. The quantitative estimate of drug-likeness (QED) is 0.347. The fourth-order valence-corrected chi connectivity index (χ4v) is 5.49. The molecule has 116 valence electrons. The van der Waals surface area contributed by atoms with Gasteiger partial charge in [-0.15, -0.1) is 0 Å². The fraction of sp³-hybridized carbons (Fsp3) is 1.00. The molecular formula is C18H34BCl. The Bertz CT molecular complexity index is 302. The molecule has 0 nitrogen and oxygen atoms in total. The Morgan fingerprint density at radius 1 is 1.05 bits per heavy atom. The van der Waals surface area contributed by atoms with Gasteiger partial charge in [-0.1, -0.05) is 79.0 Å². The van der Waals surface area contributed by atoms with Crippen molar-refractivity contribution in [1.82, 2.24) is 0 Å². The monoisotopic (exact) mass is 296 g/mol. The van der Waals surface area contributed by atoms with Crippen molar-refractivity contribution in [2.75, 3.05) is 0 Å². The lowest BCUT2D eigenvalue weighted by atomic mass is 9.36. The largest absolute Gasteiger partial charge is 0.254 e. The fourth-order valence-electron chi connectivity index (χ4n) is 5.00. The molecule has 3 aliphatic rings. The van der Waals surface area contributed by atoms with Gasteiger partial charge in [0.25, 0.3) is 6.13 Å². The van der Waals surface area contributed by atoms with Gasteiger partial charge in [-0.2, -0.15) is 11.5 Å². The highest BCUT2D eigenvalue weighted by Gasteiger charge is 2.57.